The number of anilines is 1. The molecule has 0 bridgehead atoms. The molecule has 3 atom stereocenters. The second-order valence-electron chi connectivity index (χ2n) is 9.42. The fraction of sp³-hybridized carbons (Fsp3) is 0.680. The number of rotatable bonds is 5. The fourth-order valence-corrected chi connectivity index (χ4v) is 4.44. The van der Waals surface area contributed by atoms with E-state index >= 15 is 0 Å². The average Bonchev–Trinajstić information content (AvgIpc) is 2.73. The summed E-state index contributed by atoms with van der Waals surface area (Å²) in [5.74, 6) is 0.793. The Balaban J connectivity index is 1.89. The predicted octanol–water partition coefficient (Wildman–Crippen LogP) is 3.64. The molecule has 178 valence electrons. The van der Waals surface area contributed by atoms with Crippen molar-refractivity contribution in [3.05, 3.63) is 23.8 Å². The summed E-state index contributed by atoms with van der Waals surface area (Å²) < 4.78 is 12.0. The van der Waals surface area contributed by atoms with Gasteiger partial charge in [-0.3, -0.25) is 14.5 Å². The number of carbonyl (C=O) groups is 2. The largest absolute Gasteiger partial charge is 0.491 e. The molecule has 1 aliphatic carbocycles. The molecule has 0 unspecified atom stereocenters. The summed E-state index contributed by atoms with van der Waals surface area (Å²) in [5, 5.41) is 2.98. The van der Waals surface area contributed by atoms with Crippen molar-refractivity contribution in [1.82, 2.24) is 9.80 Å². The molecule has 2 amide bonds. The van der Waals surface area contributed by atoms with E-state index in [1.165, 1.54) is 0 Å². The Bertz CT molecular complexity index is 795. The number of hydrogen-bond donors (Lipinski definition) is 1. The van der Waals surface area contributed by atoms with Crippen LogP contribution in [-0.4, -0.2) is 74.2 Å². The number of carbonyl (C=O) groups excluding carboxylic acids is 2. The Morgan fingerprint density at radius 2 is 2.00 bits per heavy atom. The fourth-order valence-electron chi connectivity index (χ4n) is 4.44. The number of ether oxygens (including phenoxy) is 2. The maximum atomic E-state index is 13.4. The first-order chi connectivity index (χ1) is 15.3. The van der Waals surface area contributed by atoms with Gasteiger partial charge in [-0.1, -0.05) is 20.3 Å². The van der Waals surface area contributed by atoms with E-state index in [1.54, 1.807) is 31.2 Å². The van der Waals surface area contributed by atoms with Gasteiger partial charge in [-0.15, -0.1) is 0 Å². The molecule has 3 rings (SSSR count). The van der Waals surface area contributed by atoms with Crippen LogP contribution in [0.2, 0.25) is 0 Å². The van der Waals surface area contributed by atoms with Crippen molar-refractivity contribution in [3.63, 3.8) is 0 Å². The first-order valence-electron chi connectivity index (χ1n) is 11.9. The van der Waals surface area contributed by atoms with E-state index in [2.05, 4.69) is 31.0 Å². The predicted molar refractivity (Wildman–Crippen MR) is 126 cm³/mol. The van der Waals surface area contributed by atoms with Gasteiger partial charge in [0.15, 0.2) is 0 Å². The first kappa shape index (κ1) is 24.5. The molecule has 0 aromatic heterocycles. The maximum Gasteiger partial charge on any atom is 0.257 e. The summed E-state index contributed by atoms with van der Waals surface area (Å²) in [5.41, 5.74) is 1.10. The summed E-state index contributed by atoms with van der Waals surface area (Å²) in [7, 11) is 3.51. The number of likely N-dealkylation sites (N-methyl/N-ethyl adjacent to an activating group) is 1. The number of methoxy groups -OCH3 is 1. The van der Waals surface area contributed by atoms with Gasteiger partial charge in [-0.2, -0.15) is 0 Å². The van der Waals surface area contributed by atoms with Crippen molar-refractivity contribution in [2.45, 2.75) is 58.6 Å². The normalized spacial score (nSPS) is 25.7. The van der Waals surface area contributed by atoms with Crippen molar-refractivity contribution >= 4 is 17.5 Å². The van der Waals surface area contributed by atoms with Crippen molar-refractivity contribution in [2.75, 3.05) is 45.7 Å². The lowest BCUT2D eigenvalue weighted by Crippen LogP contribution is -2.46. The number of fused-ring (bicyclic) bond motifs is 1. The summed E-state index contributed by atoms with van der Waals surface area (Å²) in [4.78, 5) is 29.9. The van der Waals surface area contributed by atoms with Crippen molar-refractivity contribution in [3.8, 4) is 5.75 Å². The molecule has 1 aromatic carbocycles. The molecule has 0 radical (unpaired) electrons. The average molecular weight is 446 g/mol. The van der Waals surface area contributed by atoms with E-state index in [1.807, 2.05) is 6.07 Å². The van der Waals surface area contributed by atoms with E-state index in [9.17, 15) is 9.59 Å². The SMILES string of the molecule is CCCN1C[C@H](C)[C@H](OC)CN(C)C(=O)c2cc(NC(=O)C3CCC3)ccc2OC[C@@H]1C. The van der Waals surface area contributed by atoms with Gasteiger partial charge in [0.05, 0.1) is 11.7 Å². The van der Waals surface area contributed by atoms with Gasteiger partial charge in [0, 0.05) is 44.9 Å². The zero-order valence-electron chi connectivity index (χ0n) is 20.2. The third kappa shape index (κ3) is 5.81. The number of benzene rings is 1. The number of nitrogens with one attached hydrogen (secondary N) is 1. The van der Waals surface area contributed by atoms with Crippen LogP contribution in [0.15, 0.2) is 18.2 Å². The van der Waals surface area contributed by atoms with Crippen LogP contribution in [0.3, 0.4) is 0 Å². The quantitative estimate of drug-likeness (QED) is 0.749. The van der Waals surface area contributed by atoms with E-state index in [0.29, 0.717) is 30.2 Å². The van der Waals surface area contributed by atoms with Crippen LogP contribution in [-0.2, 0) is 9.53 Å². The first-order valence-corrected chi connectivity index (χ1v) is 11.9. The zero-order chi connectivity index (χ0) is 23.3. The third-order valence-corrected chi connectivity index (χ3v) is 6.83. The second kappa shape index (κ2) is 11.1. The standard InChI is InChI=1S/C25H39N3O4/c1-6-12-28-14-17(2)23(31-5)15-27(4)25(30)21-13-20(26-24(29)19-8-7-9-19)10-11-22(21)32-16-18(28)3/h10-11,13,17-19,23H,6-9,12,14-16H2,1-5H3,(H,26,29)/t17-,18-,23+/m0/s1. The van der Waals surface area contributed by atoms with Crippen LogP contribution >= 0.6 is 0 Å². The number of nitrogens with zero attached hydrogens (tertiary/aromatic N) is 2. The molecule has 1 aromatic rings. The van der Waals surface area contributed by atoms with Gasteiger partial charge >= 0.3 is 0 Å². The van der Waals surface area contributed by atoms with Crippen LogP contribution in [0.5, 0.6) is 5.75 Å². The highest BCUT2D eigenvalue weighted by Gasteiger charge is 2.29. The lowest BCUT2D eigenvalue weighted by Gasteiger charge is -2.36. The van der Waals surface area contributed by atoms with Gasteiger partial charge < -0.3 is 19.7 Å². The van der Waals surface area contributed by atoms with Crippen molar-refractivity contribution in [1.29, 1.82) is 0 Å². The van der Waals surface area contributed by atoms with Gasteiger partial charge in [-0.25, -0.2) is 0 Å². The van der Waals surface area contributed by atoms with E-state index in [0.717, 1.165) is 38.8 Å². The molecule has 1 fully saturated rings. The maximum absolute atomic E-state index is 13.4. The molecule has 7 heteroatoms. The summed E-state index contributed by atoms with van der Waals surface area (Å²) in [6.45, 7) is 9.37. The lowest BCUT2D eigenvalue weighted by atomic mass is 9.85. The van der Waals surface area contributed by atoms with Crippen molar-refractivity contribution < 1.29 is 19.1 Å². The molecular formula is C25H39N3O4. The highest BCUT2D eigenvalue weighted by Crippen LogP contribution is 2.30. The van der Waals surface area contributed by atoms with E-state index in [4.69, 9.17) is 9.47 Å². The van der Waals surface area contributed by atoms with Gasteiger partial charge in [0.25, 0.3) is 5.91 Å². The Labute approximate surface area is 192 Å². The highest BCUT2D eigenvalue weighted by atomic mass is 16.5. The molecule has 0 spiro atoms. The minimum absolute atomic E-state index is 0.0307. The summed E-state index contributed by atoms with van der Waals surface area (Å²) in [6, 6.07) is 5.57. The van der Waals surface area contributed by atoms with E-state index in [-0.39, 0.29) is 35.8 Å². The van der Waals surface area contributed by atoms with Crippen LogP contribution in [0.4, 0.5) is 5.69 Å². The second-order valence-corrected chi connectivity index (χ2v) is 9.42. The molecule has 1 N–H and O–H groups in total. The lowest BCUT2D eigenvalue weighted by molar-refractivity contribution is -0.122. The minimum atomic E-state index is -0.132. The zero-order valence-corrected chi connectivity index (χ0v) is 20.2. The Morgan fingerprint density at radius 3 is 2.62 bits per heavy atom. The minimum Gasteiger partial charge on any atom is -0.491 e. The number of amides is 2. The Morgan fingerprint density at radius 1 is 1.25 bits per heavy atom. The number of hydrogen-bond acceptors (Lipinski definition) is 5. The highest BCUT2D eigenvalue weighted by molar-refractivity contribution is 5.99. The van der Waals surface area contributed by atoms with Gasteiger partial charge in [0.2, 0.25) is 5.91 Å². The van der Waals surface area contributed by atoms with Crippen LogP contribution in [0, 0.1) is 11.8 Å². The van der Waals surface area contributed by atoms with Crippen molar-refractivity contribution in [2.24, 2.45) is 11.8 Å². The molecule has 32 heavy (non-hydrogen) atoms. The molecule has 7 nitrogen and oxygen atoms in total. The molecule has 0 saturated heterocycles. The molecule has 1 heterocycles. The monoisotopic (exact) mass is 445 g/mol. The smallest absolute Gasteiger partial charge is 0.257 e. The molecule has 1 saturated carbocycles. The molecular weight excluding hydrogens is 406 g/mol. The van der Waals surface area contributed by atoms with Gasteiger partial charge in [-0.05, 0) is 56.8 Å². The third-order valence-electron chi connectivity index (χ3n) is 6.83. The van der Waals surface area contributed by atoms with Gasteiger partial charge in [0.1, 0.15) is 12.4 Å². The van der Waals surface area contributed by atoms with Crippen LogP contribution in [0.25, 0.3) is 0 Å². The Hall–Kier alpha value is -2.12. The van der Waals surface area contributed by atoms with Crippen LogP contribution in [0.1, 0.15) is 56.8 Å². The summed E-state index contributed by atoms with van der Waals surface area (Å²) >= 11 is 0. The van der Waals surface area contributed by atoms with Crippen LogP contribution < -0.4 is 10.1 Å². The molecule has 2 aliphatic rings. The topological polar surface area (TPSA) is 71.1 Å². The van der Waals surface area contributed by atoms with E-state index < -0.39 is 0 Å². The molecule has 1 aliphatic heterocycles. The Kier molecular flexibility index (Phi) is 8.54. The summed E-state index contributed by atoms with van der Waals surface area (Å²) in [6.07, 6.45) is 3.97.